The summed E-state index contributed by atoms with van der Waals surface area (Å²) < 4.78 is 37.7. The third kappa shape index (κ3) is 2.61. The molecule has 0 atom stereocenters. The second-order valence-electron chi connectivity index (χ2n) is 3.41. The monoisotopic (exact) mass is 254 g/mol. The van der Waals surface area contributed by atoms with Crippen molar-refractivity contribution >= 4 is 29.8 Å². The van der Waals surface area contributed by atoms with E-state index in [-0.39, 0.29) is 5.46 Å². The zero-order valence-corrected chi connectivity index (χ0v) is 9.27. The van der Waals surface area contributed by atoms with Crippen LogP contribution in [0.2, 0.25) is 0 Å². The molecule has 86 valence electrons. The number of thiazole rings is 1. The fourth-order valence-electron chi connectivity index (χ4n) is 1.38. The SMILES string of the molecule is [B]c1cc(-c2csc(N)n2)cc(C(F)(F)F)c1. The quantitative estimate of drug-likeness (QED) is 0.792. The number of hydrogen-bond acceptors (Lipinski definition) is 3. The summed E-state index contributed by atoms with van der Waals surface area (Å²) in [4.78, 5) is 3.92. The molecule has 0 bridgehead atoms. The van der Waals surface area contributed by atoms with Crippen molar-refractivity contribution in [1.29, 1.82) is 0 Å². The Labute approximate surface area is 101 Å². The van der Waals surface area contributed by atoms with Gasteiger partial charge in [-0.25, -0.2) is 4.98 Å². The van der Waals surface area contributed by atoms with Gasteiger partial charge in [-0.2, -0.15) is 13.2 Å². The number of nitrogens with two attached hydrogens (primary N) is 1. The molecule has 0 saturated heterocycles. The number of rotatable bonds is 1. The van der Waals surface area contributed by atoms with Crippen LogP contribution < -0.4 is 11.2 Å². The number of aromatic nitrogens is 1. The molecule has 1 aromatic carbocycles. The first-order valence-electron chi connectivity index (χ1n) is 4.55. The van der Waals surface area contributed by atoms with Crippen LogP contribution in [0.1, 0.15) is 5.56 Å². The summed E-state index contributed by atoms with van der Waals surface area (Å²) in [5, 5.41) is 1.89. The Kier molecular flexibility index (Phi) is 2.86. The van der Waals surface area contributed by atoms with Crippen molar-refractivity contribution in [1.82, 2.24) is 4.98 Å². The molecule has 2 N–H and O–H groups in total. The molecule has 0 unspecified atom stereocenters. The lowest BCUT2D eigenvalue weighted by atomic mass is 9.91. The molecule has 0 spiro atoms. The number of benzene rings is 1. The summed E-state index contributed by atoms with van der Waals surface area (Å²) in [5.41, 5.74) is 5.39. The second kappa shape index (κ2) is 4.07. The highest BCUT2D eigenvalue weighted by Gasteiger charge is 2.31. The molecule has 0 aliphatic carbocycles. The predicted octanol–water partition coefficient (Wildman–Crippen LogP) is 2.20. The van der Waals surface area contributed by atoms with Gasteiger partial charge >= 0.3 is 6.18 Å². The highest BCUT2D eigenvalue weighted by molar-refractivity contribution is 7.13. The van der Waals surface area contributed by atoms with Crippen molar-refractivity contribution in [2.24, 2.45) is 0 Å². The average molecular weight is 254 g/mol. The van der Waals surface area contributed by atoms with Crippen molar-refractivity contribution < 1.29 is 13.2 Å². The molecule has 2 radical (unpaired) electrons. The van der Waals surface area contributed by atoms with Gasteiger partial charge in [-0.15, -0.1) is 11.3 Å². The van der Waals surface area contributed by atoms with Gasteiger partial charge in [0.15, 0.2) is 5.13 Å². The summed E-state index contributed by atoms with van der Waals surface area (Å²) in [6.45, 7) is 0. The average Bonchev–Trinajstić information content (AvgIpc) is 2.62. The van der Waals surface area contributed by atoms with E-state index in [2.05, 4.69) is 4.98 Å². The first kappa shape index (κ1) is 12.0. The molecule has 0 saturated carbocycles. The smallest absolute Gasteiger partial charge is 0.375 e. The maximum absolute atomic E-state index is 12.6. The largest absolute Gasteiger partial charge is 0.416 e. The lowest BCUT2D eigenvalue weighted by molar-refractivity contribution is -0.137. The summed E-state index contributed by atoms with van der Waals surface area (Å²) in [6.07, 6.45) is -4.42. The van der Waals surface area contributed by atoms with Crippen LogP contribution in [0.25, 0.3) is 11.3 Å². The van der Waals surface area contributed by atoms with Crippen molar-refractivity contribution in [2.45, 2.75) is 6.18 Å². The fourth-order valence-corrected chi connectivity index (χ4v) is 1.96. The van der Waals surface area contributed by atoms with Gasteiger partial charge in [-0.3, -0.25) is 0 Å². The number of halogens is 3. The number of nitrogens with zero attached hydrogens (tertiary/aromatic N) is 1. The van der Waals surface area contributed by atoms with E-state index in [0.717, 1.165) is 23.5 Å². The number of alkyl halides is 3. The molecule has 1 heterocycles. The Balaban J connectivity index is 2.52. The molecular formula is C10H6BF3N2S. The Bertz CT molecular complexity index is 551. The topological polar surface area (TPSA) is 38.9 Å². The van der Waals surface area contributed by atoms with Crippen molar-refractivity contribution in [3.63, 3.8) is 0 Å². The van der Waals surface area contributed by atoms with Gasteiger partial charge in [0.1, 0.15) is 7.85 Å². The van der Waals surface area contributed by atoms with Gasteiger partial charge < -0.3 is 5.73 Å². The van der Waals surface area contributed by atoms with Crippen LogP contribution in [0.5, 0.6) is 0 Å². The van der Waals surface area contributed by atoms with Gasteiger partial charge in [-0.1, -0.05) is 17.6 Å². The van der Waals surface area contributed by atoms with Crippen LogP contribution >= 0.6 is 11.3 Å². The van der Waals surface area contributed by atoms with Crippen LogP contribution in [0.3, 0.4) is 0 Å². The van der Waals surface area contributed by atoms with E-state index in [9.17, 15) is 13.2 Å². The van der Waals surface area contributed by atoms with Gasteiger partial charge in [0.25, 0.3) is 0 Å². The highest BCUT2D eigenvalue weighted by atomic mass is 32.1. The van der Waals surface area contributed by atoms with Crippen molar-refractivity contribution in [3.05, 3.63) is 29.1 Å². The van der Waals surface area contributed by atoms with Crippen LogP contribution in [0, 0.1) is 0 Å². The number of nitrogen functional groups attached to an aromatic ring is 1. The van der Waals surface area contributed by atoms with E-state index in [1.807, 2.05) is 0 Å². The first-order chi connectivity index (χ1) is 7.86. The molecule has 2 rings (SSSR count). The Morgan fingerprint density at radius 3 is 2.47 bits per heavy atom. The summed E-state index contributed by atoms with van der Waals surface area (Å²) >= 11 is 1.16. The Hall–Kier alpha value is -1.50. The molecule has 2 aromatic rings. The van der Waals surface area contributed by atoms with Crippen LogP contribution in [0.15, 0.2) is 23.6 Å². The second-order valence-corrected chi connectivity index (χ2v) is 4.30. The summed E-state index contributed by atoms with van der Waals surface area (Å²) in [5.74, 6) is 0. The first-order valence-corrected chi connectivity index (χ1v) is 5.43. The predicted molar refractivity (Wildman–Crippen MR) is 62.4 cm³/mol. The maximum Gasteiger partial charge on any atom is 0.416 e. The zero-order chi connectivity index (χ0) is 12.6. The zero-order valence-electron chi connectivity index (χ0n) is 8.45. The minimum absolute atomic E-state index is 0.0430. The molecular weight excluding hydrogens is 248 g/mol. The van der Waals surface area contributed by atoms with E-state index < -0.39 is 11.7 Å². The van der Waals surface area contributed by atoms with Crippen LogP contribution in [0.4, 0.5) is 18.3 Å². The van der Waals surface area contributed by atoms with Crippen LogP contribution in [-0.2, 0) is 6.18 Å². The molecule has 0 fully saturated rings. The highest BCUT2D eigenvalue weighted by Crippen LogP contribution is 2.32. The minimum Gasteiger partial charge on any atom is -0.375 e. The third-order valence-electron chi connectivity index (χ3n) is 2.10. The standard InChI is InChI=1S/C10H6BF3N2S/c11-7-2-5(8-4-17-9(15)16-8)1-6(3-7)10(12,13)14/h1-4H,(H2,15,16). The van der Waals surface area contributed by atoms with Gasteiger partial charge in [0.05, 0.1) is 11.3 Å². The molecule has 2 nitrogen and oxygen atoms in total. The third-order valence-corrected chi connectivity index (χ3v) is 2.77. The van der Waals surface area contributed by atoms with Crippen molar-refractivity contribution in [2.75, 3.05) is 5.73 Å². The summed E-state index contributed by atoms with van der Waals surface area (Å²) in [7, 11) is 5.44. The molecule has 1 aromatic heterocycles. The van der Waals surface area contributed by atoms with E-state index >= 15 is 0 Å². The van der Waals surface area contributed by atoms with E-state index in [0.29, 0.717) is 16.4 Å². The summed E-state index contributed by atoms with van der Waals surface area (Å²) in [6, 6.07) is 3.33. The molecule has 7 heteroatoms. The Morgan fingerprint density at radius 1 is 1.24 bits per heavy atom. The van der Waals surface area contributed by atoms with E-state index in [1.165, 1.54) is 6.07 Å². The van der Waals surface area contributed by atoms with Crippen LogP contribution in [-0.4, -0.2) is 12.8 Å². The lowest BCUT2D eigenvalue weighted by Gasteiger charge is -2.09. The van der Waals surface area contributed by atoms with Gasteiger partial charge in [0, 0.05) is 10.9 Å². The van der Waals surface area contributed by atoms with Crippen molar-refractivity contribution in [3.8, 4) is 11.3 Å². The van der Waals surface area contributed by atoms with E-state index in [4.69, 9.17) is 13.6 Å². The van der Waals surface area contributed by atoms with Gasteiger partial charge in [0.2, 0.25) is 0 Å². The van der Waals surface area contributed by atoms with Gasteiger partial charge in [-0.05, 0) is 6.07 Å². The normalized spacial score (nSPS) is 11.7. The number of hydrogen-bond donors (Lipinski definition) is 1. The lowest BCUT2D eigenvalue weighted by Crippen LogP contribution is -2.11. The Morgan fingerprint density at radius 2 is 1.94 bits per heavy atom. The molecule has 17 heavy (non-hydrogen) atoms. The minimum atomic E-state index is -4.42. The maximum atomic E-state index is 12.6. The molecule has 0 aliphatic heterocycles. The fraction of sp³-hybridized carbons (Fsp3) is 0.100. The molecule has 0 aliphatic rings. The van der Waals surface area contributed by atoms with E-state index in [1.54, 1.807) is 5.38 Å². The number of anilines is 1. The molecule has 0 amide bonds.